The highest BCUT2D eigenvalue weighted by Gasteiger charge is 2.07. The lowest BCUT2D eigenvalue weighted by Crippen LogP contribution is -2.07. The minimum Gasteiger partial charge on any atom is -0.466 e. The van der Waals surface area contributed by atoms with Gasteiger partial charge in [0, 0.05) is 19.8 Å². The fraction of sp³-hybridized carbons (Fsp3) is 0.667. The second-order valence-corrected chi connectivity index (χ2v) is 5.45. The van der Waals surface area contributed by atoms with Gasteiger partial charge in [0.15, 0.2) is 4.34 Å². The third-order valence-electron chi connectivity index (χ3n) is 1.62. The third-order valence-corrected chi connectivity index (χ3v) is 3.84. The van der Waals surface area contributed by atoms with Gasteiger partial charge in [0.2, 0.25) is 5.13 Å². The zero-order valence-electron chi connectivity index (χ0n) is 9.60. The molecule has 0 saturated heterocycles. The largest absolute Gasteiger partial charge is 0.466 e. The van der Waals surface area contributed by atoms with Gasteiger partial charge in [-0.2, -0.15) is 0 Å². The van der Waals surface area contributed by atoms with E-state index in [9.17, 15) is 4.79 Å². The van der Waals surface area contributed by atoms with Crippen LogP contribution in [0.1, 0.15) is 13.3 Å². The van der Waals surface area contributed by atoms with Crippen LogP contribution >= 0.6 is 23.1 Å². The Kier molecular flexibility index (Phi) is 5.54. The quantitative estimate of drug-likeness (QED) is 0.573. The lowest BCUT2D eigenvalue weighted by atomic mass is 10.5. The van der Waals surface area contributed by atoms with Crippen LogP contribution in [-0.2, 0) is 9.53 Å². The van der Waals surface area contributed by atoms with Crippen LogP contribution in [0.15, 0.2) is 4.34 Å². The molecule has 1 rings (SSSR count). The molecule has 0 bridgehead atoms. The number of hydrogen-bond donors (Lipinski definition) is 0. The lowest BCUT2D eigenvalue weighted by molar-refractivity contribution is -0.142. The van der Waals surface area contributed by atoms with E-state index in [1.807, 2.05) is 19.0 Å². The number of esters is 1. The first-order chi connectivity index (χ1) is 7.63. The van der Waals surface area contributed by atoms with Gasteiger partial charge in [-0.15, -0.1) is 10.2 Å². The smallest absolute Gasteiger partial charge is 0.306 e. The summed E-state index contributed by atoms with van der Waals surface area (Å²) >= 11 is 3.05. The Morgan fingerprint density at radius 2 is 2.25 bits per heavy atom. The Morgan fingerprint density at radius 1 is 1.50 bits per heavy atom. The average molecular weight is 261 g/mol. The molecule has 0 N–H and O–H groups in total. The number of ether oxygens (including phenoxy) is 1. The van der Waals surface area contributed by atoms with E-state index in [2.05, 4.69) is 10.2 Å². The molecule has 16 heavy (non-hydrogen) atoms. The zero-order valence-corrected chi connectivity index (χ0v) is 11.2. The van der Waals surface area contributed by atoms with E-state index in [0.29, 0.717) is 18.8 Å². The maximum absolute atomic E-state index is 11.1. The maximum atomic E-state index is 11.1. The van der Waals surface area contributed by atoms with E-state index in [0.717, 1.165) is 9.47 Å². The highest BCUT2D eigenvalue weighted by atomic mass is 32.2. The predicted octanol–water partition coefficient (Wildman–Crippen LogP) is 1.65. The molecule has 0 radical (unpaired) electrons. The lowest BCUT2D eigenvalue weighted by Gasteiger charge is -2.03. The molecule has 1 aromatic rings. The van der Waals surface area contributed by atoms with Gasteiger partial charge >= 0.3 is 5.97 Å². The van der Waals surface area contributed by atoms with E-state index in [-0.39, 0.29) is 5.97 Å². The minimum absolute atomic E-state index is 0.160. The van der Waals surface area contributed by atoms with Crippen LogP contribution in [0, 0.1) is 0 Å². The first-order valence-electron chi connectivity index (χ1n) is 4.92. The SMILES string of the molecule is CCOC(=O)CCSc1nnc(N(C)C)s1. The number of nitrogens with zero attached hydrogens (tertiary/aromatic N) is 3. The normalized spacial score (nSPS) is 10.2. The summed E-state index contributed by atoms with van der Waals surface area (Å²) in [4.78, 5) is 13.0. The van der Waals surface area contributed by atoms with E-state index in [1.54, 1.807) is 6.92 Å². The van der Waals surface area contributed by atoms with Crippen LogP contribution in [0.3, 0.4) is 0 Å². The molecule has 0 aliphatic heterocycles. The summed E-state index contributed by atoms with van der Waals surface area (Å²) in [6.45, 7) is 2.24. The molecule has 0 atom stereocenters. The molecular weight excluding hydrogens is 246 g/mol. The second kappa shape index (κ2) is 6.70. The van der Waals surface area contributed by atoms with Crippen molar-refractivity contribution in [3.05, 3.63) is 0 Å². The van der Waals surface area contributed by atoms with Gasteiger partial charge in [0.05, 0.1) is 13.0 Å². The van der Waals surface area contributed by atoms with Gasteiger partial charge < -0.3 is 9.64 Å². The molecule has 0 saturated carbocycles. The van der Waals surface area contributed by atoms with Crippen molar-refractivity contribution in [1.82, 2.24) is 10.2 Å². The fourth-order valence-electron chi connectivity index (χ4n) is 0.896. The first kappa shape index (κ1) is 13.2. The number of hydrogen-bond acceptors (Lipinski definition) is 7. The third kappa shape index (κ3) is 4.36. The van der Waals surface area contributed by atoms with Crippen molar-refractivity contribution in [1.29, 1.82) is 0 Å². The van der Waals surface area contributed by atoms with Gasteiger partial charge in [-0.05, 0) is 6.92 Å². The highest BCUT2D eigenvalue weighted by Crippen LogP contribution is 2.27. The number of carbonyl (C=O) groups excluding carboxylic acids is 1. The van der Waals surface area contributed by atoms with Gasteiger partial charge in [-0.1, -0.05) is 23.1 Å². The number of thioether (sulfide) groups is 1. The van der Waals surface area contributed by atoms with E-state index >= 15 is 0 Å². The molecule has 0 amide bonds. The van der Waals surface area contributed by atoms with Crippen LogP contribution in [0.2, 0.25) is 0 Å². The Bertz CT molecular complexity index is 341. The van der Waals surface area contributed by atoms with Crippen molar-refractivity contribution in [2.24, 2.45) is 0 Å². The summed E-state index contributed by atoms with van der Waals surface area (Å²) in [5.74, 6) is 0.522. The Balaban J connectivity index is 2.29. The predicted molar refractivity (Wildman–Crippen MR) is 66.2 cm³/mol. The Morgan fingerprint density at radius 3 is 2.81 bits per heavy atom. The van der Waals surface area contributed by atoms with E-state index in [4.69, 9.17) is 4.74 Å². The van der Waals surface area contributed by atoms with E-state index in [1.165, 1.54) is 23.1 Å². The van der Waals surface area contributed by atoms with Crippen molar-refractivity contribution in [2.75, 3.05) is 31.4 Å². The molecule has 0 unspecified atom stereocenters. The van der Waals surface area contributed by atoms with Crippen molar-refractivity contribution in [3.63, 3.8) is 0 Å². The number of aromatic nitrogens is 2. The molecule has 5 nitrogen and oxygen atoms in total. The number of anilines is 1. The van der Waals surface area contributed by atoms with Crippen molar-refractivity contribution in [3.8, 4) is 0 Å². The maximum Gasteiger partial charge on any atom is 0.306 e. The van der Waals surface area contributed by atoms with Crippen molar-refractivity contribution < 1.29 is 9.53 Å². The molecule has 1 aromatic heterocycles. The first-order valence-corrected chi connectivity index (χ1v) is 6.73. The average Bonchev–Trinajstić information content (AvgIpc) is 2.67. The number of carbonyl (C=O) groups is 1. The molecular formula is C9H15N3O2S2. The summed E-state index contributed by atoms with van der Waals surface area (Å²) in [5, 5.41) is 8.90. The number of rotatable bonds is 6. The van der Waals surface area contributed by atoms with Crippen molar-refractivity contribution in [2.45, 2.75) is 17.7 Å². The fourth-order valence-corrected chi connectivity index (χ4v) is 2.65. The summed E-state index contributed by atoms with van der Waals surface area (Å²) in [5.41, 5.74) is 0. The summed E-state index contributed by atoms with van der Waals surface area (Å²) in [6, 6.07) is 0. The van der Waals surface area contributed by atoms with Crippen LogP contribution in [0.5, 0.6) is 0 Å². The van der Waals surface area contributed by atoms with E-state index < -0.39 is 0 Å². The summed E-state index contributed by atoms with van der Waals surface area (Å²) in [6.07, 6.45) is 0.412. The van der Waals surface area contributed by atoms with Gasteiger partial charge in [-0.25, -0.2) is 0 Å². The van der Waals surface area contributed by atoms with Crippen molar-refractivity contribution >= 4 is 34.2 Å². The standard InChI is InChI=1S/C9H15N3O2S2/c1-4-14-7(13)5-6-15-9-11-10-8(16-9)12(2)3/h4-6H2,1-3H3. The molecule has 0 aliphatic rings. The zero-order chi connectivity index (χ0) is 12.0. The van der Waals surface area contributed by atoms with Crippen LogP contribution in [0.4, 0.5) is 5.13 Å². The molecule has 0 spiro atoms. The molecule has 0 aliphatic carbocycles. The molecule has 90 valence electrons. The minimum atomic E-state index is -0.160. The summed E-state index contributed by atoms with van der Waals surface area (Å²) < 4.78 is 5.71. The van der Waals surface area contributed by atoms with Crippen LogP contribution < -0.4 is 4.90 Å². The Labute approximate surface area is 103 Å². The molecule has 0 aromatic carbocycles. The van der Waals surface area contributed by atoms with Crippen LogP contribution in [-0.4, -0.2) is 42.6 Å². The van der Waals surface area contributed by atoms with Crippen LogP contribution in [0.25, 0.3) is 0 Å². The summed E-state index contributed by atoms with van der Waals surface area (Å²) in [7, 11) is 3.85. The molecule has 7 heteroatoms. The molecule has 1 heterocycles. The monoisotopic (exact) mass is 261 g/mol. The topological polar surface area (TPSA) is 55.3 Å². The molecule has 0 fully saturated rings. The Hall–Kier alpha value is -0.820. The second-order valence-electron chi connectivity index (χ2n) is 3.15. The van der Waals surface area contributed by atoms with Gasteiger partial charge in [0.1, 0.15) is 0 Å². The highest BCUT2D eigenvalue weighted by molar-refractivity contribution is 8.01. The van der Waals surface area contributed by atoms with Gasteiger partial charge in [-0.3, -0.25) is 4.79 Å². The van der Waals surface area contributed by atoms with Gasteiger partial charge in [0.25, 0.3) is 0 Å².